The van der Waals surface area contributed by atoms with E-state index in [4.69, 9.17) is 9.96 Å². The van der Waals surface area contributed by atoms with Crippen molar-refractivity contribution < 1.29 is 9.22 Å². The predicted octanol–water partition coefficient (Wildman–Crippen LogP) is 9.25. The van der Waals surface area contributed by atoms with Gasteiger partial charge in [-0.3, -0.25) is 4.79 Å². The molecule has 0 aliphatic rings. The van der Waals surface area contributed by atoms with Gasteiger partial charge in [-0.05, 0) is 35.2 Å². The third-order valence-corrected chi connectivity index (χ3v) is 11.1. The Balaban J connectivity index is 4.25. The number of rotatable bonds is 18. The van der Waals surface area contributed by atoms with Crippen molar-refractivity contribution in [3.8, 4) is 0 Å². The molecule has 0 N–H and O–H groups in total. The van der Waals surface area contributed by atoms with E-state index in [1.165, 1.54) is 70.6 Å². The Morgan fingerprint density at radius 3 is 1.74 bits per heavy atom. The lowest BCUT2D eigenvalue weighted by Gasteiger charge is -2.39. The summed E-state index contributed by atoms with van der Waals surface area (Å²) in [7, 11) is -2.05. The molecule has 0 heterocycles. The Bertz CT molecular complexity index is 564. The first-order valence-corrected chi connectivity index (χ1v) is 15.4. The van der Waals surface area contributed by atoms with Crippen molar-refractivity contribution >= 4 is 14.2 Å². The number of hydrogen-bond acceptors (Lipinski definition) is 2. The van der Waals surface area contributed by atoms with Crippen molar-refractivity contribution in [2.24, 2.45) is 5.11 Å². The normalized spacial score (nSPS) is 13.0. The molecule has 0 saturated carbocycles. The summed E-state index contributed by atoms with van der Waals surface area (Å²) in [5.74, 6) is -0.596. The van der Waals surface area contributed by atoms with Crippen LogP contribution in [0.25, 0.3) is 10.4 Å². The number of nitrogens with zero attached hydrogens (tertiary/aromatic N) is 3. The monoisotopic (exact) mass is 451 g/mol. The highest BCUT2D eigenvalue weighted by Gasteiger charge is 2.40. The molecular weight excluding hydrogens is 402 g/mol. The van der Waals surface area contributed by atoms with Crippen molar-refractivity contribution in [1.82, 2.24) is 0 Å². The smallest absolute Gasteiger partial charge is 0.247 e. The Kier molecular flexibility index (Phi) is 15.9. The highest BCUT2D eigenvalue weighted by Crippen LogP contribution is 2.38. The lowest BCUT2D eigenvalue weighted by atomic mass is 10.0. The summed E-state index contributed by atoms with van der Waals surface area (Å²) < 4.78 is 6.47. The third-order valence-electron chi connectivity index (χ3n) is 6.61. The molecule has 180 valence electrons. The van der Waals surface area contributed by atoms with Crippen LogP contribution < -0.4 is 0 Å². The molecule has 0 saturated heterocycles. The number of unbranched alkanes of at least 4 members (excludes halogenated alkanes) is 12. The predicted molar refractivity (Wildman–Crippen MR) is 136 cm³/mol. The molecular formula is C25H49N3O2Si. The van der Waals surface area contributed by atoms with Gasteiger partial charge in [-0.15, -0.1) is 0 Å². The SMILES string of the molecule is C=C(C(=O)N=[N+]=[N-])C(CCCCCCCCCCCCCCC)O[Si](C)(C)C(C)(C)C. The van der Waals surface area contributed by atoms with Gasteiger partial charge in [0.05, 0.1) is 6.10 Å². The second-order valence-corrected chi connectivity index (χ2v) is 15.2. The van der Waals surface area contributed by atoms with Crippen LogP contribution in [0, 0.1) is 0 Å². The quantitative estimate of drug-likeness (QED) is 0.0520. The van der Waals surface area contributed by atoms with Gasteiger partial charge in [-0.1, -0.05) is 118 Å². The second-order valence-electron chi connectivity index (χ2n) is 10.4. The molecule has 0 radical (unpaired) electrons. The molecule has 0 aromatic carbocycles. The summed E-state index contributed by atoms with van der Waals surface area (Å²) in [6, 6.07) is 0. The minimum absolute atomic E-state index is 0.0447. The van der Waals surface area contributed by atoms with Crippen LogP contribution in [0.15, 0.2) is 17.3 Å². The Morgan fingerprint density at radius 1 is 0.935 bits per heavy atom. The molecule has 0 aromatic rings. The maximum Gasteiger partial charge on any atom is 0.247 e. The lowest BCUT2D eigenvalue weighted by molar-refractivity contribution is -0.115. The van der Waals surface area contributed by atoms with Crippen LogP contribution in [0.1, 0.15) is 118 Å². The molecule has 0 aromatic heterocycles. The first kappa shape index (κ1) is 29.9. The van der Waals surface area contributed by atoms with Crippen LogP contribution in [-0.4, -0.2) is 20.3 Å². The van der Waals surface area contributed by atoms with Crippen LogP contribution in [0.3, 0.4) is 0 Å². The van der Waals surface area contributed by atoms with E-state index in [-0.39, 0.29) is 11.1 Å². The van der Waals surface area contributed by atoms with Crippen molar-refractivity contribution in [3.05, 3.63) is 22.6 Å². The number of hydrogen-bond donors (Lipinski definition) is 0. The molecule has 0 rings (SSSR count). The van der Waals surface area contributed by atoms with E-state index in [1.54, 1.807) is 0 Å². The fraction of sp³-hybridized carbons (Fsp3) is 0.880. The summed E-state index contributed by atoms with van der Waals surface area (Å²) in [5, 5.41) is 3.27. The topological polar surface area (TPSA) is 75.1 Å². The number of carbonyl (C=O) groups is 1. The number of azide groups is 1. The molecule has 5 nitrogen and oxygen atoms in total. The number of amides is 1. The van der Waals surface area contributed by atoms with E-state index in [0.717, 1.165) is 19.3 Å². The van der Waals surface area contributed by atoms with Crippen LogP contribution in [0.5, 0.6) is 0 Å². The van der Waals surface area contributed by atoms with Crippen LogP contribution in [0.2, 0.25) is 18.1 Å². The summed E-state index contributed by atoms with van der Waals surface area (Å²) in [6.45, 7) is 17.1. The van der Waals surface area contributed by atoms with Crippen LogP contribution >= 0.6 is 0 Å². The molecule has 1 amide bonds. The molecule has 0 spiro atoms. The van der Waals surface area contributed by atoms with Gasteiger partial charge >= 0.3 is 0 Å². The summed E-state index contributed by atoms with van der Waals surface area (Å²) in [5.41, 5.74) is 8.89. The fourth-order valence-corrected chi connectivity index (χ4v) is 4.75. The van der Waals surface area contributed by atoms with Gasteiger partial charge in [-0.2, -0.15) is 0 Å². The van der Waals surface area contributed by atoms with Gasteiger partial charge < -0.3 is 4.43 Å². The third kappa shape index (κ3) is 13.8. The Labute approximate surface area is 193 Å². The largest absolute Gasteiger partial charge is 0.410 e. The van der Waals surface area contributed by atoms with Gasteiger partial charge in [0.15, 0.2) is 8.32 Å². The van der Waals surface area contributed by atoms with E-state index in [2.05, 4.69) is 57.4 Å². The van der Waals surface area contributed by atoms with Crippen LogP contribution in [-0.2, 0) is 9.22 Å². The average molecular weight is 452 g/mol. The zero-order chi connectivity index (χ0) is 23.8. The maximum absolute atomic E-state index is 12.1. The molecule has 0 aliphatic heterocycles. The van der Waals surface area contributed by atoms with Gasteiger partial charge in [-0.25, -0.2) is 0 Å². The van der Waals surface area contributed by atoms with Crippen molar-refractivity contribution in [3.63, 3.8) is 0 Å². The Morgan fingerprint density at radius 2 is 1.35 bits per heavy atom. The molecule has 1 unspecified atom stereocenters. The van der Waals surface area contributed by atoms with Gasteiger partial charge in [0.1, 0.15) is 0 Å². The van der Waals surface area contributed by atoms with E-state index in [9.17, 15) is 4.79 Å². The maximum atomic E-state index is 12.1. The molecule has 0 fully saturated rings. The molecule has 1 atom stereocenters. The first-order valence-electron chi connectivity index (χ1n) is 12.5. The average Bonchev–Trinajstić information content (AvgIpc) is 2.69. The van der Waals surface area contributed by atoms with Crippen molar-refractivity contribution in [1.29, 1.82) is 0 Å². The van der Waals surface area contributed by atoms with Crippen molar-refractivity contribution in [2.45, 2.75) is 142 Å². The Hall–Kier alpha value is -1.10. The lowest BCUT2D eigenvalue weighted by Crippen LogP contribution is -2.44. The zero-order valence-corrected chi connectivity index (χ0v) is 22.3. The van der Waals surface area contributed by atoms with Gasteiger partial charge in [0.25, 0.3) is 0 Å². The van der Waals surface area contributed by atoms with Gasteiger partial charge in [0.2, 0.25) is 5.91 Å². The van der Waals surface area contributed by atoms with Crippen molar-refractivity contribution in [2.75, 3.05) is 0 Å². The standard InChI is InChI=1S/C25H49N3O2Si/c1-8-9-10-11-12-13-14-15-16-17-18-19-20-21-23(22(2)24(29)27-28-26)30-31(6,7)25(3,4)5/h23H,2,8-21H2,1,3-7H3. The van der Waals surface area contributed by atoms with Crippen LogP contribution in [0.4, 0.5) is 0 Å². The molecule has 0 aliphatic carbocycles. The highest BCUT2D eigenvalue weighted by molar-refractivity contribution is 6.74. The fourth-order valence-electron chi connectivity index (χ4n) is 3.43. The number of carbonyl (C=O) groups excluding carboxylic acids is 1. The highest BCUT2D eigenvalue weighted by atomic mass is 28.4. The molecule has 31 heavy (non-hydrogen) atoms. The minimum atomic E-state index is -2.05. The zero-order valence-electron chi connectivity index (χ0n) is 21.3. The minimum Gasteiger partial charge on any atom is -0.410 e. The summed E-state index contributed by atoms with van der Waals surface area (Å²) in [6.07, 6.45) is 17.4. The summed E-state index contributed by atoms with van der Waals surface area (Å²) >= 11 is 0. The van der Waals surface area contributed by atoms with E-state index in [0.29, 0.717) is 5.57 Å². The summed E-state index contributed by atoms with van der Waals surface area (Å²) in [4.78, 5) is 14.7. The van der Waals surface area contributed by atoms with Gasteiger partial charge in [0, 0.05) is 10.5 Å². The molecule has 0 bridgehead atoms. The molecule has 6 heteroatoms. The van der Waals surface area contributed by atoms with E-state index >= 15 is 0 Å². The van der Waals surface area contributed by atoms with E-state index < -0.39 is 14.2 Å². The first-order chi connectivity index (χ1) is 14.6. The van der Waals surface area contributed by atoms with E-state index in [1.807, 2.05) is 0 Å². The second kappa shape index (κ2) is 16.5.